The molecular formula is C16H21BrFNO. The maximum atomic E-state index is 13.9. The smallest absolute Gasteiger partial charge is 0.257 e. The van der Waals surface area contributed by atoms with Crippen LogP contribution in [0.15, 0.2) is 22.7 Å². The van der Waals surface area contributed by atoms with Gasteiger partial charge in [0.1, 0.15) is 5.82 Å². The Bertz CT molecular complexity index is 510. The highest BCUT2D eigenvalue weighted by molar-refractivity contribution is 9.10. The number of halogens is 2. The molecule has 0 spiro atoms. The van der Waals surface area contributed by atoms with Crippen molar-refractivity contribution in [3.63, 3.8) is 0 Å². The van der Waals surface area contributed by atoms with Crippen molar-refractivity contribution in [1.82, 2.24) is 4.90 Å². The number of amides is 1. The Morgan fingerprint density at radius 2 is 2.15 bits per heavy atom. The van der Waals surface area contributed by atoms with E-state index in [0.29, 0.717) is 0 Å². The molecule has 1 aliphatic rings. The first-order valence-electron chi connectivity index (χ1n) is 7.04. The van der Waals surface area contributed by atoms with Crippen LogP contribution in [0, 0.1) is 11.2 Å². The minimum absolute atomic E-state index is 0.167. The van der Waals surface area contributed by atoms with E-state index >= 15 is 0 Å². The lowest BCUT2D eigenvalue weighted by molar-refractivity contribution is 0.0699. The zero-order valence-corrected chi connectivity index (χ0v) is 13.8. The molecule has 2 rings (SSSR count). The first kappa shape index (κ1) is 15.5. The van der Waals surface area contributed by atoms with Crippen molar-refractivity contribution in [2.24, 2.45) is 5.41 Å². The van der Waals surface area contributed by atoms with Crippen molar-refractivity contribution in [1.29, 1.82) is 0 Å². The molecule has 1 atom stereocenters. The molecule has 0 aromatic heterocycles. The van der Waals surface area contributed by atoms with Crippen molar-refractivity contribution in [2.75, 3.05) is 6.54 Å². The highest BCUT2D eigenvalue weighted by Crippen LogP contribution is 2.31. The van der Waals surface area contributed by atoms with Crippen molar-refractivity contribution in [2.45, 2.75) is 46.1 Å². The van der Waals surface area contributed by atoms with Crippen molar-refractivity contribution in [3.8, 4) is 0 Å². The third-order valence-electron chi connectivity index (χ3n) is 3.64. The fourth-order valence-electron chi connectivity index (χ4n) is 2.84. The van der Waals surface area contributed by atoms with Crippen LogP contribution in [-0.2, 0) is 0 Å². The second kappa shape index (κ2) is 5.84. The maximum Gasteiger partial charge on any atom is 0.257 e. The van der Waals surface area contributed by atoms with Crippen LogP contribution in [0.1, 0.15) is 50.4 Å². The third kappa shape index (κ3) is 3.60. The van der Waals surface area contributed by atoms with E-state index < -0.39 is 5.82 Å². The molecule has 110 valence electrons. The van der Waals surface area contributed by atoms with Crippen LogP contribution in [-0.4, -0.2) is 23.4 Å². The number of hydrogen-bond acceptors (Lipinski definition) is 1. The zero-order valence-electron chi connectivity index (χ0n) is 12.2. The summed E-state index contributed by atoms with van der Waals surface area (Å²) in [6, 6.07) is 4.75. The number of benzene rings is 1. The first-order valence-corrected chi connectivity index (χ1v) is 7.83. The molecule has 4 heteroatoms. The molecule has 1 unspecified atom stereocenters. The largest absolute Gasteiger partial charge is 0.336 e. The molecule has 1 amide bonds. The van der Waals surface area contributed by atoms with E-state index in [4.69, 9.17) is 0 Å². The van der Waals surface area contributed by atoms with Crippen molar-refractivity contribution >= 4 is 21.8 Å². The number of carbonyl (C=O) groups excluding carboxylic acids is 1. The summed E-state index contributed by atoms with van der Waals surface area (Å²) < 4.78 is 14.6. The molecule has 1 saturated heterocycles. The number of hydrogen-bond donors (Lipinski definition) is 0. The summed E-state index contributed by atoms with van der Waals surface area (Å²) in [4.78, 5) is 14.4. The number of likely N-dealkylation sites (tertiary alicyclic amines) is 1. The molecule has 1 aromatic rings. The van der Waals surface area contributed by atoms with Crippen LogP contribution in [0.4, 0.5) is 4.39 Å². The van der Waals surface area contributed by atoms with Gasteiger partial charge in [-0.1, -0.05) is 36.7 Å². The summed E-state index contributed by atoms with van der Waals surface area (Å²) in [5.41, 5.74) is 0.337. The van der Waals surface area contributed by atoms with Crippen LogP contribution < -0.4 is 0 Å². The Morgan fingerprint density at radius 1 is 1.45 bits per heavy atom. The van der Waals surface area contributed by atoms with Gasteiger partial charge in [-0.05, 0) is 42.9 Å². The highest BCUT2D eigenvalue weighted by Gasteiger charge is 2.33. The van der Waals surface area contributed by atoms with Gasteiger partial charge in [-0.15, -0.1) is 0 Å². The van der Waals surface area contributed by atoms with Crippen LogP contribution in [0.2, 0.25) is 0 Å². The van der Waals surface area contributed by atoms with Crippen LogP contribution in [0.5, 0.6) is 0 Å². The van der Waals surface area contributed by atoms with E-state index in [9.17, 15) is 9.18 Å². The van der Waals surface area contributed by atoms with Gasteiger partial charge in [0.15, 0.2) is 0 Å². The Kier molecular flexibility index (Phi) is 4.52. The lowest BCUT2D eigenvalue weighted by Crippen LogP contribution is -2.38. The van der Waals surface area contributed by atoms with Gasteiger partial charge in [0.2, 0.25) is 0 Å². The average molecular weight is 342 g/mol. The third-order valence-corrected chi connectivity index (χ3v) is 4.14. The second-order valence-electron chi connectivity index (χ2n) is 6.68. The Balaban J connectivity index is 2.21. The lowest BCUT2D eigenvalue weighted by Gasteiger charge is -2.30. The van der Waals surface area contributed by atoms with E-state index in [0.717, 1.165) is 30.3 Å². The maximum absolute atomic E-state index is 13.9. The summed E-state index contributed by atoms with van der Waals surface area (Å²) >= 11 is 3.30. The van der Waals surface area contributed by atoms with Gasteiger partial charge in [-0.25, -0.2) is 4.39 Å². The fraction of sp³-hybridized carbons (Fsp3) is 0.562. The van der Waals surface area contributed by atoms with Crippen molar-refractivity contribution < 1.29 is 9.18 Å². The number of rotatable bonds is 2. The summed E-state index contributed by atoms with van der Waals surface area (Å²) in [6.45, 7) is 7.25. The molecule has 0 bridgehead atoms. The summed E-state index contributed by atoms with van der Waals surface area (Å²) in [5, 5.41) is 0. The Labute approximate surface area is 128 Å². The van der Waals surface area contributed by atoms with Gasteiger partial charge in [0.25, 0.3) is 5.91 Å². The van der Waals surface area contributed by atoms with Crippen LogP contribution in [0.3, 0.4) is 0 Å². The van der Waals surface area contributed by atoms with Gasteiger partial charge in [0, 0.05) is 17.1 Å². The predicted octanol–water partition coefficient (Wildman–Crippen LogP) is 4.63. The van der Waals surface area contributed by atoms with Gasteiger partial charge in [0.05, 0.1) is 5.56 Å². The zero-order chi connectivity index (χ0) is 14.9. The van der Waals surface area contributed by atoms with E-state index in [2.05, 4.69) is 36.7 Å². The molecule has 1 aromatic carbocycles. The normalized spacial score (nSPS) is 19.4. The Hall–Kier alpha value is -0.900. The number of carbonyl (C=O) groups is 1. The van der Waals surface area contributed by atoms with E-state index in [1.54, 1.807) is 12.1 Å². The summed E-state index contributed by atoms with van der Waals surface area (Å²) in [6.07, 6.45) is 2.97. The summed E-state index contributed by atoms with van der Waals surface area (Å²) in [5.74, 6) is -0.629. The SMILES string of the molecule is CC(C)(C)CC1CCCN1C(=O)c1cc(Br)ccc1F. The topological polar surface area (TPSA) is 20.3 Å². The minimum atomic E-state index is -0.445. The van der Waals surface area contributed by atoms with Crippen molar-refractivity contribution in [3.05, 3.63) is 34.1 Å². The molecule has 1 fully saturated rings. The number of nitrogens with zero attached hydrogens (tertiary/aromatic N) is 1. The molecule has 20 heavy (non-hydrogen) atoms. The van der Waals surface area contributed by atoms with Gasteiger partial charge in [-0.2, -0.15) is 0 Å². The first-order chi connectivity index (χ1) is 9.28. The second-order valence-corrected chi connectivity index (χ2v) is 7.60. The molecule has 0 saturated carbocycles. The molecule has 0 aliphatic carbocycles. The van der Waals surface area contributed by atoms with Gasteiger partial charge in [-0.3, -0.25) is 4.79 Å². The van der Waals surface area contributed by atoms with Crippen LogP contribution >= 0.6 is 15.9 Å². The van der Waals surface area contributed by atoms with Gasteiger partial charge >= 0.3 is 0 Å². The van der Waals surface area contributed by atoms with E-state index in [-0.39, 0.29) is 22.9 Å². The van der Waals surface area contributed by atoms with E-state index in [1.165, 1.54) is 6.07 Å². The highest BCUT2D eigenvalue weighted by atomic mass is 79.9. The molecule has 0 N–H and O–H groups in total. The van der Waals surface area contributed by atoms with E-state index in [1.807, 2.05) is 4.90 Å². The molecular weight excluding hydrogens is 321 g/mol. The fourth-order valence-corrected chi connectivity index (χ4v) is 3.20. The Morgan fingerprint density at radius 3 is 2.80 bits per heavy atom. The molecule has 0 radical (unpaired) electrons. The monoisotopic (exact) mass is 341 g/mol. The predicted molar refractivity (Wildman–Crippen MR) is 82.2 cm³/mol. The average Bonchev–Trinajstić information content (AvgIpc) is 2.77. The molecule has 2 nitrogen and oxygen atoms in total. The standard InChI is InChI=1S/C16H21BrFNO/c1-16(2,3)10-12-5-4-8-19(12)15(20)13-9-11(17)6-7-14(13)18/h6-7,9,12H,4-5,8,10H2,1-3H3. The molecule has 1 aliphatic heterocycles. The summed E-state index contributed by atoms with van der Waals surface area (Å²) in [7, 11) is 0. The molecule has 1 heterocycles. The minimum Gasteiger partial charge on any atom is -0.336 e. The van der Waals surface area contributed by atoms with Crippen LogP contribution in [0.25, 0.3) is 0 Å². The lowest BCUT2D eigenvalue weighted by atomic mass is 9.87. The quantitative estimate of drug-likeness (QED) is 0.767. The van der Waals surface area contributed by atoms with Gasteiger partial charge < -0.3 is 4.90 Å².